The fraction of sp³-hybridized carbons (Fsp3) is 0.278. The fourth-order valence-corrected chi connectivity index (χ4v) is 3.28. The Kier molecular flexibility index (Phi) is 3.97. The average molecular weight is 334 g/mol. The van der Waals surface area contributed by atoms with Gasteiger partial charge in [-0.1, -0.05) is 23.8 Å². The minimum Gasteiger partial charge on any atom is -0.344 e. The lowest BCUT2D eigenvalue weighted by atomic mass is 9.86. The van der Waals surface area contributed by atoms with Gasteiger partial charge in [-0.3, -0.25) is 9.78 Å². The molecule has 0 aliphatic heterocycles. The van der Waals surface area contributed by atoms with Crippen molar-refractivity contribution in [1.82, 2.24) is 30.9 Å². The molecule has 0 spiro atoms. The molecule has 0 saturated carbocycles. The van der Waals surface area contributed by atoms with Crippen molar-refractivity contribution in [3.05, 3.63) is 58.9 Å². The van der Waals surface area contributed by atoms with E-state index in [1.807, 2.05) is 0 Å². The third-order valence-corrected chi connectivity index (χ3v) is 4.52. The molecule has 7 nitrogen and oxygen atoms in total. The number of aromatic amines is 1. The summed E-state index contributed by atoms with van der Waals surface area (Å²) in [6.45, 7) is 2.07. The van der Waals surface area contributed by atoms with Gasteiger partial charge in [0.05, 0.1) is 6.04 Å². The Morgan fingerprint density at radius 2 is 2.20 bits per heavy atom. The van der Waals surface area contributed by atoms with Crippen LogP contribution in [-0.2, 0) is 6.42 Å². The number of aromatic nitrogens is 5. The van der Waals surface area contributed by atoms with E-state index >= 15 is 0 Å². The molecule has 7 heteroatoms. The van der Waals surface area contributed by atoms with Crippen LogP contribution in [0.3, 0.4) is 0 Å². The van der Waals surface area contributed by atoms with Crippen molar-refractivity contribution in [3.63, 3.8) is 0 Å². The molecule has 2 N–H and O–H groups in total. The number of hydrogen-bond donors (Lipinski definition) is 2. The van der Waals surface area contributed by atoms with Gasteiger partial charge in [-0.05, 0) is 54.7 Å². The van der Waals surface area contributed by atoms with E-state index in [4.69, 9.17) is 0 Å². The summed E-state index contributed by atoms with van der Waals surface area (Å²) >= 11 is 0. The first kappa shape index (κ1) is 15.4. The molecule has 0 unspecified atom stereocenters. The van der Waals surface area contributed by atoms with Gasteiger partial charge in [-0.25, -0.2) is 0 Å². The predicted octanol–water partition coefficient (Wildman–Crippen LogP) is 2.38. The van der Waals surface area contributed by atoms with Crippen molar-refractivity contribution in [2.45, 2.75) is 32.2 Å². The minimum absolute atomic E-state index is 0.0202. The van der Waals surface area contributed by atoms with E-state index in [-0.39, 0.29) is 11.9 Å². The highest BCUT2D eigenvalue weighted by Gasteiger charge is 2.23. The Labute approximate surface area is 144 Å². The van der Waals surface area contributed by atoms with Crippen LogP contribution in [0, 0.1) is 6.92 Å². The lowest BCUT2D eigenvalue weighted by Gasteiger charge is -2.26. The van der Waals surface area contributed by atoms with Gasteiger partial charge >= 0.3 is 0 Å². The van der Waals surface area contributed by atoms with Gasteiger partial charge < -0.3 is 5.32 Å². The summed E-state index contributed by atoms with van der Waals surface area (Å²) in [6.07, 6.45) is 4.65. The van der Waals surface area contributed by atoms with Crippen molar-refractivity contribution >= 4 is 5.91 Å². The van der Waals surface area contributed by atoms with Gasteiger partial charge in [-0.15, -0.1) is 10.2 Å². The highest BCUT2D eigenvalue weighted by molar-refractivity contribution is 5.93. The summed E-state index contributed by atoms with van der Waals surface area (Å²) in [5.41, 5.74) is 4.79. The summed E-state index contributed by atoms with van der Waals surface area (Å²) in [7, 11) is 0. The summed E-state index contributed by atoms with van der Waals surface area (Å²) in [6, 6.07) is 9.91. The van der Waals surface area contributed by atoms with Crippen molar-refractivity contribution in [3.8, 4) is 11.4 Å². The zero-order chi connectivity index (χ0) is 17.2. The summed E-state index contributed by atoms with van der Waals surface area (Å²) < 4.78 is 0. The molecular weight excluding hydrogens is 316 g/mol. The molecule has 1 atom stereocenters. The molecule has 1 aliphatic rings. The van der Waals surface area contributed by atoms with Crippen molar-refractivity contribution in [2.75, 3.05) is 0 Å². The summed E-state index contributed by atoms with van der Waals surface area (Å²) in [4.78, 5) is 16.9. The number of amides is 1. The van der Waals surface area contributed by atoms with Gasteiger partial charge in [-0.2, -0.15) is 5.21 Å². The van der Waals surface area contributed by atoms with Crippen molar-refractivity contribution in [2.24, 2.45) is 0 Å². The molecule has 25 heavy (non-hydrogen) atoms. The predicted molar refractivity (Wildman–Crippen MR) is 91.7 cm³/mol. The standard InChI is InChI=1S/C18H18N6O/c1-11-5-6-12-3-2-4-15(14(12)9-11)20-18(25)16-10-13(7-8-19-16)17-21-23-24-22-17/h5-10,15H,2-4H2,1H3,(H,20,25)(H,21,22,23,24)/t15-/m0/s1. The molecule has 0 saturated heterocycles. The first-order valence-corrected chi connectivity index (χ1v) is 8.31. The second-order valence-corrected chi connectivity index (χ2v) is 6.29. The molecular formula is C18H18N6O. The number of nitrogens with one attached hydrogen (secondary N) is 2. The molecule has 2 aromatic heterocycles. The van der Waals surface area contributed by atoms with E-state index in [0.717, 1.165) is 19.3 Å². The number of H-pyrrole nitrogens is 1. The number of aryl methyl sites for hydroxylation is 2. The molecule has 0 radical (unpaired) electrons. The maximum absolute atomic E-state index is 12.7. The molecule has 126 valence electrons. The van der Waals surface area contributed by atoms with Crippen LogP contribution in [-0.4, -0.2) is 31.5 Å². The van der Waals surface area contributed by atoms with Gasteiger partial charge in [0.1, 0.15) is 5.69 Å². The van der Waals surface area contributed by atoms with Gasteiger partial charge in [0, 0.05) is 11.8 Å². The minimum atomic E-state index is -0.190. The normalized spacial score (nSPS) is 16.3. The van der Waals surface area contributed by atoms with E-state index in [1.165, 1.54) is 16.7 Å². The lowest BCUT2D eigenvalue weighted by Crippen LogP contribution is -2.31. The van der Waals surface area contributed by atoms with Crippen molar-refractivity contribution in [1.29, 1.82) is 0 Å². The number of tetrazole rings is 1. The molecule has 1 aliphatic carbocycles. The van der Waals surface area contributed by atoms with Gasteiger partial charge in [0.15, 0.2) is 0 Å². The number of pyridine rings is 1. The lowest BCUT2D eigenvalue weighted by molar-refractivity contribution is 0.0927. The molecule has 1 amide bonds. The molecule has 0 fully saturated rings. The van der Waals surface area contributed by atoms with E-state index in [2.05, 4.69) is 56.0 Å². The largest absolute Gasteiger partial charge is 0.344 e. The highest BCUT2D eigenvalue weighted by atomic mass is 16.1. The number of benzene rings is 1. The Bertz CT molecular complexity index is 906. The maximum Gasteiger partial charge on any atom is 0.270 e. The molecule has 2 heterocycles. The first-order chi connectivity index (χ1) is 12.2. The van der Waals surface area contributed by atoms with Crippen LogP contribution in [0.1, 0.15) is 46.1 Å². The van der Waals surface area contributed by atoms with E-state index in [0.29, 0.717) is 17.1 Å². The van der Waals surface area contributed by atoms with Gasteiger partial charge in [0.25, 0.3) is 5.91 Å². The second kappa shape index (κ2) is 6.43. The van der Waals surface area contributed by atoms with Gasteiger partial charge in [0.2, 0.25) is 5.82 Å². The number of carbonyl (C=O) groups excluding carboxylic acids is 1. The quantitative estimate of drug-likeness (QED) is 0.766. The van der Waals surface area contributed by atoms with E-state index in [9.17, 15) is 4.79 Å². The third-order valence-electron chi connectivity index (χ3n) is 4.52. The smallest absolute Gasteiger partial charge is 0.270 e. The van der Waals surface area contributed by atoms with Crippen LogP contribution in [0.5, 0.6) is 0 Å². The third kappa shape index (κ3) is 3.13. The fourth-order valence-electron chi connectivity index (χ4n) is 3.28. The molecule has 0 bridgehead atoms. The van der Waals surface area contributed by atoms with Crippen LogP contribution in [0.15, 0.2) is 36.5 Å². The number of carbonyl (C=O) groups is 1. The molecule has 1 aromatic carbocycles. The molecule has 3 aromatic rings. The number of rotatable bonds is 3. The Hall–Kier alpha value is -3.09. The van der Waals surface area contributed by atoms with Crippen LogP contribution in [0.4, 0.5) is 0 Å². The van der Waals surface area contributed by atoms with Crippen molar-refractivity contribution < 1.29 is 4.79 Å². The van der Waals surface area contributed by atoms with Crippen LogP contribution < -0.4 is 5.32 Å². The SMILES string of the molecule is Cc1ccc2c(c1)[C@@H](NC(=O)c1cc(-c3nn[nH]n3)ccn1)CCC2. The number of nitrogens with zero attached hydrogens (tertiary/aromatic N) is 4. The average Bonchev–Trinajstić information content (AvgIpc) is 3.17. The van der Waals surface area contributed by atoms with E-state index in [1.54, 1.807) is 18.3 Å². The van der Waals surface area contributed by atoms with E-state index < -0.39 is 0 Å². The Morgan fingerprint density at radius 3 is 3.04 bits per heavy atom. The zero-order valence-electron chi connectivity index (χ0n) is 13.9. The zero-order valence-corrected chi connectivity index (χ0v) is 13.9. The monoisotopic (exact) mass is 334 g/mol. The Morgan fingerprint density at radius 1 is 1.28 bits per heavy atom. The molecule has 4 rings (SSSR count). The second-order valence-electron chi connectivity index (χ2n) is 6.29. The Balaban J connectivity index is 1.58. The van der Waals surface area contributed by atoms with Crippen LogP contribution in [0.2, 0.25) is 0 Å². The topological polar surface area (TPSA) is 96.5 Å². The highest BCUT2D eigenvalue weighted by Crippen LogP contribution is 2.30. The van der Waals surface area contributed by atoms with Crippen LogP contribution >= 0.6 is 0 Å². The maximum atomic E-state index is 12.7. The first-order valence-electron chi connectivity index (χ1n) is 8.31. The van der Waals surface area contributed by atoms with Crippen LogP contribution in [0.25, 0.3) is 11.4 Å². The summed E-state index contributed by atoms with van der Waals surface area (Å²) in [5.74, 6) is 0.250. The number of hydrogen-bond acceptors (Lipinski definition) is 5. The summed E-state index contributed by atoms with van der Waals surface area (Å²) in [5, 5.41) is 16.9. The number of fused-ring (bicyclic) bond motifs is 1.